The van der Waals surface area contributed by atoms with E-state index in [0.29, 0.717) is 0 Å². The van der Waals surface area contributed by atoms with Gasteiger partial charge in [0.05, 0.1) is 0 Å². The van der Waals surface area contributed by atoms with Gasteiger partial charge >= 0.3 is 0 Å². The highest BCUT2D eigenvalue weighted by Gasteiger charge is 1.55. The summed E-state index contributed by atoms with van der Waals surface area (Å²) in [6.07, 6.45) is 1.25. The van der Waals surface area contributed by atoms with Gasteiger partial charge in [-0.15, -0.1) is 0 Å². The lowest BCUT2D eigenvalue weighted by Gasteiger charge is -1.65. The van der Waals surface area contributed by atoms with Gasteiger partial charge in [-0.05, 0) is 0 Å². The van der Waals surface area contributed by atoms with E-state index in [4.69, 9.17) is 0 Å². The van der Waals surface area contributed by atoms with E-state index >= 15 is 0 Å². The Kier molecular flexibility index (Phi) is 22.0. The molecule has 0 aliphatic heterocycles. The van der Waals surface area contributed by atoms with Gasteiger partial charge < -0.3 is 0 Å². The second-order valence-corrected chi connectivity index (χ2v) is 2.51. The van der Waals surface area contributed by atoms with Crippen molar-refractivity contribution in [2.75, 3.05) is 0 Å². The predicted octanol–water partition coefficient (Wildman–Crippen LogP) is 1.76. The fourth-order valence-corrected chi connectivity index (χ4v) is 0.204. The summed E-state index contributed by atoms with van der Waals surface area (Å²) in [6, 6.07) is 0. The van der Waals surface area contributed by atoms with Gasteiger partial charge in [0.2, 0.25) is 0 Å². The zero-order chi connectivity index (χ0) is 6.83. The van der Waals surface area contributed by atoms with Crippen LogP contribution in [0.25, 0.3) is 0 Å². The van der Waals surface area contributed by atoms with Crippen LogP contribution in [-0.2, 0) is 13.4 Å². The molecule has 0 amide bonds. The van der Waals surface area contributed by atoms with Crippen molar-refractivity contribution in [3.05, 3.63) is 0 Å². The summed E-state index contributed by atoms with van der Waals surface area (Å²) in [5.74, 6) is 0. The van der Waals surface area contributed by atoms with Gasteiger partial charge in [-0.25, -0.2) is 0 Å². The van der Waals surface area contributed by atoms with Crippen molar-refractivity contribution in [1.82, 2.24) is 0 Å². The first-order valence-electron chi connectivity index (χ1n) is 2.36. The van der Waals surface area contributed by atoms with E-state index in [-0.39, 0.29) is 0 Å². The topological polar surface area (TPSA) is 43.4 Å². The molecular formula is C3H12O3P2. The Morgan fingerprint density at radius 3 is 1.50 bits per heavy atom. The molecule has 0 fully saturated rings. The van der Waals surface area contributed by atoms with Crippen LogP contribution < -0.4 is 0 Å². The van der Waals surface area contributed by atoms with Crippen LogP contribution in [0.2, 0.25) is 0 Å². The lowest BCUT2D eigenvalue weighted by molar-refractivity contribution is 0.516. The fraction of sp³-hybridized carbons (Fsp3) is 1.00. The maximum Gasteiger partial charge on any atom is 0.185 e. The van der Waals surface area contributed by atoms with Crippen LogP contribution in [-0.4, -0.2) is 0 Å². The molecule has 0 rings (SSSR count). The van der Waals surface area contributed by atoms with Crippen molar-refractivity contribution >= 4 is 17.4 Å². The van der Waals surface area contributed by atoms with Gasteiger partial charge in [0.25, 0.3) is 0 Å². The van der Waals surface area contributed by atoms with Crippen LogP contribution in [0.1, 0.15) is 20.3 Å². The Bertz CT molecular complexity index is 50.5. The third-order valence-electron chi connectivity index (χ3n) is 0.111. The van der Waals surface area contributed by atoms with Crippen LogP contribution >= 0.6 is 17.4 Å². The first-order chi connectivity index (χ1) is 3.83. The molecule has 0 spiro atoms. The quantitative estimate of drug-likeness (QED) is 0.575. The lowest BCUT2D eigenvalue weighted by Crippen LogP contribution is -1.27. The largest absolute Gasteiger partial charge is 0.299 e. The zero-order valence-electron chi connectivity index (χ0n) is 5.09. The smallest absolute Gasteiger partial charge is 0.185 e. The van der Waals surface area contributed by atoms with Gasteiger partial charge in [-0.3, -0.25) is 13.4 Å². The van der Waals surface area contributed by atoms with Crippen molar-refractivity contribution in [2.45, 2.75) is 20.3 Å². The third-order valence-corrected chi connectivity index (χ3v) is 1.00. The van der Waals surface area contributed by atoms with Gasteiger partial charge in [0.1, 0.15) is 0 Å². The second kappa shape index (κ2) is 15.7. The summed E-state index contributed by atoms with van der Waals surface area (Å²) in [6.45, 7) is 4.25. The predicted molar refractivity (Wildman–Crippen MR) is 37.8 cm³/mol. The summed E-state index contributed by atoms with van der Waals surface area (Å²) in [5.41, 5.74) is 0. The molecule has 5 heteroatoms. The molecule has 8 heavy (non-hydrogen) atoms. The normalized spacial score (nSPS) is 10.2. The zero-order valence-corrected chi connectivity index (χ0v) is 7.40. The van der Waals surface area contributed by atoms with Gasteiger partial charge in [0, 0.05) is 0 Å². The van der Waals surface area contributed by atoms with Crippen molar-refractivity contribution < 1.29 is 13.4 Å². The molecule has 0 saturated heterocycles. The molecule has 0 aromatic heterocycles. The van der Waals surface area contributed by atoms with Crippen LogP contribution in [0, 0.1) is 0 Å². The Hall–Kier alpha value is 0.420. The SMILES string of the molecule is CCC.O=[PH2]O[PH2]=O. The fourth-order valence-electron chi connectivity index (χ4n) is 0.0227. The maximum absolute atomic E-state index is 9.21. The molecular weight excluding hydrogens is 146 g/mol. The first-order valence-corrected chi connectivity index (χ1v) is 4.24. The van der Waals surface area contributed by atoms with E-state index in [0.717, 1.165) is 0 Å². The van der Waals surface area contributed by atoms with E-state index in [1.54, 1.807) is 0 Å². The Labute approximate surface area is 52.0 Å². The second-order valence-electron chi connectivity index (χ2n) is 1.04. The summed E-state index contributed by atoms with van der Waals surface area (Å²) < 4.78 is 22.3. The summed E-state index contributed by atoms with van der Waals surface area (Å²) in [5, 5.41) is 0. The minimum Gasteiger partial charge on any atom is -0.299 e. The highest BCUT2D eigenvalue weighted by atomic mass is 31.1. The van der Waals surface area contributed by atoms with Crippen LogP contribution in [0.4, 0.5) is 0 Å². The highest BCUT2D eigenvalue weighted by molar-refractivity contribution is 7.32. The average Bonchev–Trinajstić information content (AvgIpc) is 1.71. The third kappa shape index (κ3) is 32.2. The average molecular weight is 158 g/mol. The van der Waals surface area contributed by atoms with Gasteiger partial charge in [-0.1, -0.05) is 20.3 Å². The number of rotatable bonds is 2. The summed E-state index contributed by atoms with van der Waals surface area (Å²) in [7, 11) is -2.48. The molecule has 0 aliphatic rings. The van der Waals surface area contributed by atoms with Gasteiger partial charge in [-0.2, -0.15) is 0 Å². The Balaban J connectivity index is 0. The molecule has 0 aromatic carbocycles. The van der Waals surface area contributed by atoms with Crippen molar-refractivity contribution in [2.24, 2.45) is 0 Å². The maximum atomic E-state index is 9.21. The summed E-state index contributed by atoms with van der Waals surface area (Å²) in [4.78, 5) is 0. The molecule has 0 aliphatic carbocycles. The molecule has 3 nitrogen and oxygen atoms in total. The van der Waals surface area contributed by atoms with Crippen LogP contribution in [0.5, 0.6) is 0 Å². The monoisotopic (exact) mass is 158 g/mol. The minimum absolute atomic E-state index is 1.24. The molecule has 0 N–H and O–H groups in total. The number of hydrogen-bond donors (Lipinski definition) is 0. The minimum atomic E-state index is -1.24. The van der Waals surface area contributed by atoms with Gasteiger partial charge in [0.15, 0.2) is 17.4 Å². The summed E-state index contributed by atoms with van der Waals surface area (Å²) >= 11 is 0. The molecule has 0 unspecified atom stereocenters. The molecule has 0 saturated carbocycles. The lowest BCUT2D eigenvalue weighted by atomic mass is 10.6. The van der Waals surface area contributed by atoms with E-state index in [1.165, 1.54) is 6.42 Å². The van der Waals surface area contributed by atoms with Crippen molar-refractivity contribution in [3.8, 4) is 0 Å². The number of hydrogen-bond acceptors (Lipinski definition) is 3. The van der Waals surface area contributed by atoms with Crippen molar-refractivity contribution in [1.29, 1.82) is 0 Å². The molecule has 52 valence electrons. The van der Waals surface area contributed by atoms with Crippen LogP contribution in [0.15, 0.2) is 0 Å². The first kappa shape index (κ1) is 11.2. The molecule has 0 bridgehead atoms. The van der Waals surface area contributed by atoms with Crippen molar-refractivity contribution in [3.63, 3.8) is 0 Å². The Morgan fingerprint density at radius 1 is 1.25 bits per heavy atom. The van der Waals surface area contributed by atoms with Crippen LogP contribution in [0.3, 0.4) is 0 Å². The molecule has 0 radical (unpaired) electrons. The molecule has 0 heterocycles. The highest BCUT2D eigenvalue weighted by Crippen LogP contribution is 2.04. The van der Waals surface area contributed by atoms with E-state index < -0.39 is 17.4 Å². The molecule has 0 atom stereocenters. The van der Waals surface area contributed by atoms with E-state index in [1.807, 2.05) is 0 Å². The Morgan fingerprint density at radius 2 is 1.50 bits per heavy atom. The standard InChI is InChI=1S/C3H8.H4O3P2/c1-3-2;1-4-3-5-2/h3H2,1-2H3;4-5H2. The van der Waals surface area contributed by atoms with E-state index in [9.17, 15) is 9.13 Å². The molecule has 0 aromatic rings. The van der Waals surface area contributed by atoms with E-state index in [2.05, 4.69) is 18.2 Å².